The number of anilines is 1. The molecule has 0 radical (unpaired) electrons. The smallest absolute Gasteiger partial charge is 0.173 e. The highest BCUT2D eigenvalue weighted by Crippen LogP contribution is 2.22. The highest BCUT2D eigenvalue weighted by molar-refractivity contribution is 9.10. The summed E-state index contributed by atoms with van der Waals surface area (Å²) in [5, 5.41) is 4.14. The van der Waals surface area contributed by atoms with E-state index in [9.17, 15) is 0 Å². The van der Waals surface area contributed by atoms with Crippen LogP contribution in [0.3, 0.4) is 0 Å². The molecule has 5 heteroatoms. The molecule has 0 aliphatic rings. The first-order valence-corrected chi connectivity index (χ1v) is 9.63. The van der Waals surface area contributed by atoms with E-state index in [1.54, 1.807) is 0 Å². The summed E-state index contributed by atoms with van der Waals surface area (Å²) in [5.74, 6) is 0.864. The van der Waals surface area contributed by atoms with Crippen LogP contribution in [0.15, 0.2) is 40.9 Å². The van der Waals surface area contributed by atoms with Crippen molar-refractivity contribution in [3.63, 3.8) is 0 Å². The number of halogens is 1. The maximum Gasteiger partial charge on any atom is 0.173 e. The summed E-state index contributed by atoms with van der Waals surface area (Å²) in [6.07, 6.45) is 0. The number of thiocarbonyl (C=S) groups is 1. The number of nitrogens with one attached hydrogen (secondary N) is 1. The molecule has 0 aromatic heterocycles. The monoisotopic (exact) mass is 420 g/mol. The number of ether oxygens (including phenoxy) is 1. The zero-order chi connectivity index (χ0) is 18.4. The standard InChI is InChI=1S/C20H25BrN2OS/c1-5-23(10-11-24-18-8-6-17(21)7-9-18)20(25)22-19-15(3)12-14(2)13-16(19)4/h6-9,12-13H,5,10-11H2,1-4H3,(H,22,25). The third-order valence-corrected chi connectivity index (χ3v) is 4.91. The lowest BCUT2D eigenvalue weighted by Gasteiger charge is -2.25. The summed E-state index contributed by atoms with van der Waals surface area (Å²) in [4.78, 5) is 2.12. The molecular weight excluding hydrogens is 396 g/mol. The van der Waals surface area contributed by atoms with Crippen molar-refractivity contribution in [3.8, 4) is 5.75 Å². The highest BCUT2D eigenvalue weighted by Gasteiger charge is 2.11. The second-order valence-corrected chi connectivity index (χ2v) is 7.39. The second kappa shape index (κ2) is 9.20. The first-order chi connectivity index (χ1) is 11.9. The predicted octanol–water partition coefficient (Wildman–Crippen LogP) is 5.47. The molecule has 2 aromatic carbocycles. The fourth-order valence-electron chi connectivity index (χ4n) is 2.77. The van der Waals surface area contributed by atoms with Gasteiger partial charge in [-0.05, 0) is 75.3 Å². The van der Waals surface area contributed by atoms with Crippen LogP contribution in [0.4, 0.5) is 5.69 Å². The number of likely N-dealkylation sites (N-methyl/N-ethyl adjacent to an activating group) is 1. The maximum absolute atomic E-state index is 5.81. The van der Waals surface area contributed by atoms with Crippen LogP contribution < -0.4 is 10.1 Å². The Morgan fingerprint density at radius 2 is 1.72 bits per heavy atom. The molecule has 0 saturated heterocycles. The molecule has 1 N–H and O–H groups in total. The maximum atomic E-state index is 5.81. The number of rotatable bonds is 6. The van der Waals surface area contributed by atoms with E-state index in [4.69, 9.17) is 17.0 Å². The van der Waals surface area contributed by atoms with E-state index in [2.05, 4.69) is 66.0 Å². The van der Waals surface area contributed by atoms with Gasteiger partial charge in [-0.3, -0.25) is 0 Å². The Morgan fingerprint density at radius 1 is 1.12 bits per heavy atom. The molecule has 0 amide bonds. The minimum absolute atomic E-state index is 0.586. The minimum Gasteiger partial charge on any atom is -0.492 e. The van der Waals surface area contributed by atoms with Crippen molar-refractivity contribution in [2.75, 3.05) is 25.0 Å². The van der Waals surface area contributed by atoms with Crippen molar-refractivity contribution in [2.45, 2.75) is 27.7 Å². The van der Waals surface area contributed by atoms with Gasteiger partial charge in [-0.25, -0.2) is 0 Å². The summed E-state index contributed by atoms with van der Waals surface area (Å²) < 4.78 is 6.85. The van der Waals surface area contributed by atoms with Gasteiger partial charge in [0, 0.05) is 16.7 Å². The van der Waals surface area contributed by atoms with Crippen LogP contribution in [-0.4, -0.2) is 29.7 Å². The summed E-state index contributed by atoms with van der Waals surface area (Å²) in [6.45, 7) is 10.6. The van der Waals surface area contributed by atoms with Crippen LogP contribution in [0.5, 0.6) is 5.75 Å². The normalized spacial score (nSPS) is 10.4. The summed E-state index contributed by atoms with van der Waals surface area (Å²) in [5.41, 5.74) is 4.79. The van der Waals surface area contributed by atoms with E-state index in [-0.39, 0.29) is 0 Å². The lowest BCUT2D eigenvalue weighted by atomic mass is 10.1. The molecule has 0 aliphatic carbocycles. The van der Waals surface area contributed by atoms with Crippen molar-refractivity contribution in [1.29, 1.82) is 0 Å². The third kappa shape index (κ3) is 5.72. The number of aryl methyl sites for hydroxylation is 3. The molecule has 0 saturated carbocycles. The Balaban J connectivity index is 1.93. The van der Waals surface area contributed by atoms with E-state index in [1.165, 1.54) is 16.7 Å². The molecule has 0 spiro atoms. The van der Waals surface area contributed by atoms with Gasteiger partial charge in [0.2, 0.25) is 0 Å². The van der Waals surface area contributed by atoms with E-state index in [0.29, 0.717) is 6.61 Å². The lowest BCUT2D eigenvalue weighted by molar-refractivity contribution is 0.274. The molecule has 3 nitrogen and oxygen atoms in total. The van der Waals surface area contributed by atoms with E-state index in [1.807, 2.05) is 24.3 Å². The molecule has 0 aliphatic heterocycles. The van der Waals surface area contributed by atoms with Crippen molar-refractivity contribution in [2.24, 2.45) is 0 Å². The van der Waals surface area contributed by atoms with Crippen molar-refractivity contribution in [3.05, 3.63) is 57.6 Å². The highest BCUT2D eigenvalue weighted by atomic mass is 79.9. The van der Waals surface area contributed by atoms with Crippen LogP contribution in [-0.2, 0) is 0 Å². The average molecular weight is 421 g/mol. The van der Waals surface area contributed by atoms with Gasteiger partial charge in [0.25, 0.3) is 0 Å². The van der Waals surface area contributed by atoms with Crippen molar-refractivity contribution in [1.82, 2.24) is 4.90 Å². The molecule has 0 fully saturated rings. The first kappa shape index (κ1) is 19.7. The zero-order valence-electron chi connectivity index (χ0n) is 15.2. The fraction of sp³-hybridized carbons (Fsp3) is 0.350. The SMILES string of the molecule is CCN(CCOc1ccc(Br)cc1)C(=S)Nc1c(C)cc(C)cc1C. The van der Waals surface area contributed by atoms with Crippen LogP contribution in [0.1, 0.15) is 23.6 Å². The number of hydrogen-bond donors (Lipinski definition) is 1. The van der Waals surface area contributed by atoms with Gasteiger partial charge >= 0.3 is 0 Å². The Labute approximate surface area is 164 Å². The van der Waals surface area contributed by atoms with E-state index >= 15 is 0 Å². The van der Waals surface area contributed by atoms with Crippen LogP contribution in [0.25, 0.3) is 0 Å². The van der Waals surface area contributed by atoms with Gasteiger partial charge in [-0.15, -0.1) is 0 Å². The first-order valence-electron chi connectivity index (χ1n) is 8.43. The zero-order valence-corrected chi connectivity index (χ0v) is 17.6. The second-order valence-electron chi connectivity index (χ2n) is 6.09. The molecule has 134 valence electrons. The Morgan fingerprint density at radius 3 is 2.28 bits per heavy atom. The number of hydrogen-bond acceptors (Lipinski definition) is 2. The van der Waals surface area contributed by atoms with Gasteiger partial charge < -0.3 is 15.0 Å². The molecule has 0 unspecified atom stereocenters. The largest absolute Gasteiger partial charge is 0.492 e. The third-order valence-electron chi connectivity index (χ3n) is 4.02. The summed E-state index contributed by atoms with van der Waals surface area (Å²) in [7, 11) is 0. The Kier molecular flexibility index (Phi) is 7.26. The lowest BCUT2D eigenvalue weighted by Crippen LogP contribution is -2.37. The molecule has 0 atom stereocenters. The quantitative estimate of drug-likeness (QED) is 0.625. The minimum atomic E-state index is 0.586. The van der Waals surface area contributed by atoms with E-state index < -0.39 is 0 Å². The molecule has 0 heterocycles. The topological polar surface area (TPSA) is 24.5 Å². The van der Waals surface area contributed by atoms with E-state index in [0.717, 1.165) is 34.1 Å². The van der Waals surface area contributed by atoms with Gasteiger partial charge in [-0.2, -0.15) is 0 Å². The van der Waals surface area contributed by atoms with Crippen molar-refractivity contribution < 1.29 is 4.74 Å². The molecule has 2 aromatic rings. The van der Waals surface area contributed by atoms with Gasteiger partial charge in [0.1, 0.15) is 12.4 Å². The molecular formula is C20H25BrN2OS. The van der Waals surface area contributed by atoms with Crippen LogP contribution in [0, 0.1) is 20.8 Å². The summed E-state index contributed by atoms with van der Waals surface area (Å²) >= 11 is 9.03. The van der Waals surface area contributed by atoms with Gasteiger partial charge in [0.05, 0.1) is 6.54 Å². The predicted molar refractivity (Wildman–Crippen MR) is 114 cm³/mol. The molecule has 2 rings (SSSR count). The van der Waals surface area contributed by atoms with Gasteiger partial charge in [0.15, 0.2) is 5.11 Å². The summed E-state index contributed by atoms with van der Waals surface area (Å²) in [6, 6.07) is 12.2. The van der Waals surface area contributed by atoms with Crippen molar-refractivity contribution >= 4 is 38.9 Å². The van der Waals surface area contributed by atoms with Crippen LogP contribution in [0.2, 0.25) is 0 Å². The molecule has 25 heavy (non-hydrogen) atoms. The number of benzene rings is 2. The Bertz CT molecular complexity index is 708. The van der Waals surface area contributed by atoms with Gasteiger partial charge in [-0.1, -0.05) is 33.6 Å². The Hall–Kier alpha value is -1.59. The molecule has 0 bridgehead atoms. The number of nitrogens with zero attached hydrogens (tertiary/aromatic N) is 1. The average Bonchev–Trinajstić information content (AvgIpc) is 2.56. The fourth-order valence-corrected chi connectivity index (χ4v) is 3.36. The van der Waals surface area contributed by atoms with Crippen LogP contribution >= 0.6 is 28.1 Å².